The minimum atomic E-state index is 0.0567. The monoisotopic (exact) mass is 331 g/mol. The fraction of sp³-hybridized carbons (Fsp3) is 0.294. The van der Waals surface area contributed by atoms with Gasteiger partial charge in [-0.3, -0.25) is 9.59 Å². The molecule has 1 aliphatic carbocycles. The van der Waals surface area contributed by atoms with Crippen LogP contribution in [0.15, 0.2) is 41.1 Å². The van der Waals surface area contributed by atoms with E-state index in [0.29, 0.717) is 6.54 Å². The largest absolute Gasteiger partial charge is 0.351 e. The average Bonchev–Trinajstić information content (AvgIpc) is 3.24. The Morgan fingerprint density at radius 1 is 1.23 bits per heavy atom. The van der Waals surface area contributed by atoms with E-state index in [2.05, 4.69) is 17.5 Å². The molecule has 0 saturated carbocycles. The molecule has 2 aromatic rings. The van der Waals surface area contributed by atoms with Crippen LogP contribution in [0, 0.1) is 5.92 Å². The minimum absolute atomic E-state index is 0.0567. The van der Waals surface area contributed by atoms with Crippen LogP contribution in [-0.4, -0.2) is 11.7 Å². The zero-order valence-electron chi connectivity index (χ0n) is 12.1. The summed E-state index contributed by atoms with van der Waals surface area (Å²) in [5.74, 6) is 0.265. The number of nitrogens with one attached hydrogen (secondary N) is 1. The van der Waals surface area contributed by atoms with Gasteiger partial charge in [-0.2, -0.15) is 11.3 Å². The van der Waals surface area contributed by atoms with Crippen molar-refractivity contribution < 1.29 is 9.59 Å². The van der Waals surface area contributed by atoms with Gasteiger partial charge < -0.3 is 5.32 Å². The van der Waals surface area contributed by atoms with Gasteiger partial charge in [0, 0.05) is 21.7 Å². The summed E-state index contributed by atoms with van der Waals surface area (Å²) in [6.07, 6.45) is 6.95. The van der Waals surface area contributed by atoms with E-state index in [9.17, 15) is 9.59 Å². The van der Waals surface area contributed by atoms with Crippen molar-refractivity contribution in [3.05, 3.63) is 56.4 Å². The van der Waals surface area contributed by atoms with E-state index in [1.807, 2.05) is 29.0 Å². The molecule has 1 unspecified atom stereocenters. The summed E-state index contributed by atoms with van der Waals surface area (Å²) in [6, 6.07) is 5.60. The SMILES string of the molecule is O=C(c1ccsc1)c1ccc(CNC(=O)C2CC=CCC2)s1. The second kappa shape index (κ2) is 7.03. The zero-order valence-corrected chi connectivity index (χ0v) is 13.7. The predicted octanol–water partition coefficient (Wildman–Crippen LogP) is 4.01. The molecule has 0 aliphatic heterocycles. The lowest BCUT2D eigenvalue weighted by Gasteiger charge is -2.16. The van der Waals surface area contributed by atoms with Crippen molar-refractivity contribution in [3.63, 3.8) is 0 Å². The van der Waals surface area contributed by atoms with E-state index < -0.39 is 0 Å². The van der Waals surface area contributed by atoms with Crippen molar-refractivity contribution in [2.75, 3.05) is 0 Å². The van der Waals surface area contributed by atoms with Crippen LogP contribution in [-0.2, 0) is 11.3 Å². The van der Waals surface area contributed by atoms with Crippen molar-refractivity contribution in [1.82, 2.24) is 5.32 Å². The Labute approximate surface area is 137 Å². The van der Waals surface area contributed by atoms with Crippen molar-refractivity contribution >= 4 is 34.4 Å². The molecule has 1 atom stereocenters. The van der Waals surface area contributed by atoms with Crippen LogP contribution in [0.4, 0.5) is 0 Å². The molecule has 3 nitrogen and oxygen atoms in total. The van der Waals surface area contributed by atoms with Crippen molar-refractivity contribution in [1.29, 1.82) is 0 Å². The molecule has 114 valence electrons. The van der Waals surface area contributed by atoms with Gasteiger partial charge >= 0.3 is 0 Å². The molecule has 5 heteroatoms. The molecule has 0 saturated heterocycles. The maximum Gasteiger partial charge on any atom is 0.223 e. The molecule has 1 aliphatic rings. The molecule has 2 heterocycles. The first-order valence-electron chi connectivity index (χ1n) is 7.32. The summed E-state index contributed by atoms with van der Waals surface area (Å²) < 4.78 is 0. The number of thiophene rings is 2. The topological polar surface area (TPSA) is 46.2 Å². The molecular weight excluding hydrogens is 314 g/mol. The van der Waals surface area contributed by atoms with Crippen LogP contribution in [0.2, 0.25) is 0 Å². The van der Waals surface area contributed by atoms with Gasteiger partial charge in [0.2, 0.25) is 11.7 Å². The highest BCUT2D eigenvalue weighted by molar-refractivity contribution is 7.14. The van der Waals surface area contributed by atoms with Gasteiger partial charge in [-0.15, -0.1) is 11.3 Å². The van der Waals surface area contributed by atoms with E-state index in [1.165, 1.54) is 22.7 Å². The lowest BCUT2D eigenvalue weighted by molar-refractivity contribution is -0.125. The Hall–Kier alpha value is -1.72. The van der Waals surface area contributed by atoms with Crippen LogP contribution in [0.1, 0.15) is 39.4 Å². The number of carbonyl (C=O) groups is 2. The number of rotatable bonds is 5. The summed E-state index contributed by atoms with van der Waals surface area (Å²) in [6.45, 7) is 0.501. The lowest BCUT2D eigenvalue weighted by Crippen LogP contribution is -2.30. The number of carbonyl (C=O) groups excluding carboxylic acids is 2. The maximum atomic E-state index is 12.2. The Bertz CT molecular complexity index is 685. The molecule has 3 rings (SSSR count). The smallest absolute Gasteiger partial charge is 0.223 e. The third-order valence-corrected chi connectivity index (χ3v) is 5.51. The quantitative estimate of drug-likeness (QED) is 0.664. The molecule has 0 radical (unpaired) electrons. The van der Waals surface area contributed by atoms with Gasteiger partial charge in [-0.25, -0.2) is 0 Å². The van der Waals surface area contributed by atoms with Crippen LogP contribution >= 0.6 is 22.7 Å². The Morgan fingerprint density at radius 3 is 2.86 bits per heavy atom. The normalized spacial score (nSPS) is 17.4. The Balaban J connectivity index is 1.57. The molecule has 0 aromatic carbocycles. The van der Waals surface area contributed by atoms with E-state index in [-0.39, 0.29) is 17.6 Å². The first-order valence-corrected chi connectivity index (χ1v) is 9.08. The van der Waals surface area contributed by atoms with Crippen molar-refractivity contribution in [2.45, 2.75) is 25.8 Å². The number of hydrogen-bond acceptors (Lipinski definition) is 4. The summed E-state index contributed by atoms with van der Waals surface area (Å²) in [4.78, 5) is 26.1. The van der Waals surface area contributed by atoms with Gasteiger partial charge in [0.1, 0.15) is 0 Å². The first-order chi connectivity index (χ1) is 10.7. The van der Waals surface area contributed by atoms with Crippen LogP contribution < -0.4 is 5.32 Å². The van der Waals surface area contributed by atoms with Gasteiger partial charge in [0.25, 0.3) is 0 Å². The van der Waals surface area contributed by atoms with Gasteiger partial charge in [0.15, 0.2) is 0 Å². The van der Waals surface area contributed by atoms with Crippen LogP contribution in [0.3, 0.4) is 0 Å². The molecule has 1 N–H and O–H groups in total. The summed E-state index contributed by atoms with van der Waals surface area (Å²) in [7, 11) is 0. The second-order valence-corrected chi connectivity index (χ2v) is 7.25. The number of amides is 1. The Kier molecular flexibility index (Phi) is 4.85. The molecule has 22 heavy (non-hydrogen) atoms. The standard InChI is InChI=1S/C17H17NO2S2/c19-16(13-8-9-21-11-13)15-7-6-14(22-15)10-18-17(20)12-4-2-1-3-5-12/h1-2,6-9,11-12H,3-5,10H2,(H,18,20). The Morgan fingerprint density at radius 2 is 2.14 bits per heavy atom. The number of ketones is 1. The second-order valence-electron chi connectivity index (χ2n) is 5.31. The first kappa shape index (κ1) is 15.2. The number of allylic oxidation sites excluding steroid dienone is 2. The van der Waals surface area contributed by atoms with Crippen LogP contribution in [0.25, 0.3) is 0 Å². The molecule has 0 bridgehead atoms. The molecule has 2 aromatic heterocycles. The fourth-order valence-electron chi connectivity index (χ4n) is 2.48. The highest BCUT2D eigenvalue weighted by Gasteiger charge is 2.18. The fourth-order valence-corrected chi connectivity index (χ4v) is 4.03. The maximum absolute atomic E-state index is 12.2. The summed E-state index contributed by atoms with van der Waals surface area (Å²) in [5.41, 5.74) is 0.733. The molecule has 0 spiro atoms. The number of hydrogen-bond donors (Lipinski definition) is 1. The van der Waals surface area contributed by atoms with E-state index in [4.69, 9.17) is 0 Å². The molecular formula is C17H17NO2S2. The summed E-state index contributed by atoms with van der Waals surface area (Å²) in [5, 5.41) is 6.75. The lowest BCUT2D eigenvalue weighted by atomic mass is 9.94. The summed E-state index contributed by atoms with van der Waals surface area (Å²) >= 11 is 2.97. The van der Waals surface area contributed by atoms with Gasteiger partial charge in [-0.1, -0.05) is 12.2 Å². The van der Waals surface area contributed by atoms with Crippen LogP contribution in [0.5, 0.6) is 0 Å². The highest BCUT2D eigenvalue weighted by Crippen LogP contribution is 2.22. The third kappa shape index (κ3) is 3.54. The van der Waals surface area contributed by atoms with Crippen molar-refractivity contribution in [3.8, 4) is 0 Å². The van der Waals surface area contributed by atoms with E-state index in [1.54, 1.807) is 0 Å². The zero-order chi connectivity index (χ0) is 15.4. The highest BCUT2D eigenvalue weighted by atomic mass is 32.1. The average molecular weight is 331 g/mol. The molecule has 1 amide bonds. The van der Waals surface area contributed by atoms with Gasteiger partial charge in [0.05, 0.1) is 11.4 Å². The van der Waals surface area contributed by atoms with E-state index >= 15 is 0 Å². The van der Waals surface area contributed by atoms with Gasteiger partial charge in [-0.05, 0) is 42.8 Å². The van der Waals surface area contributed by atoms with E-state index in [0.717, 1.165) is 34.6 Å². The predicted molar refractivity (Wildman–Crippen MR) is 90.4 cm³/mol. The molecule has 0 fully saturated rings. The third-order valence-electron chi connectivity index (χ3n) is 3.75. The minimum Gasteiger partial charge on any atom is -0.351 e. The van der Waals surface area contributed by atoms with Crippen molar-refractivity contribution in [2.24, 2.45) is 5.92 Å².